The van der Waals surface area contributed by atoms with Gasteiger partial charge in [0.05, 0.1) is 11.0 Å². The zero-order valence-corrected chi connectivity index (χ0v) is 14.8. The number of rotatable bonds is 5. The van der Waals surface area contributed by atoms with Gasteiger partial charge in [0, 0.05) is 29.6 Å². The standard InChI is InChI=1S/C14H21BrN2O3S/c1-14(2)12(7-13(14)20-3)17-21(18,19)11-5-4-9(8-16)6-10(11)15/h4-6,12-13,17H,7-8,16H2,1-3H3. The zero-order chi connectivity index (χ0) is 15.8. The number of nitrogens with two attached hydrogens (primary N) is 1. The van der Waals surface area contributed by atoms with Gasteiger partial charge in [-0.05, 0) is 40.0 Å². The van der Waals surface area contributed by atoms with Crippen LogP contribution in [0.2, 0.25) is 0 Å². The van der Waals surface area contributed by atoms with Crippen molar-refractivity contribution < 1.29 is 13.2 Å². The molecule has 1 saturated carbocycles. The number of ether oxygens (including phenoxy) is 1. The summed E-state index contributed by atoms with van der Waals surface area (Å²) in [5.41, 5.74) is 6.22. The third kappa shape index (κ3) is 3.17. The highest BCUT2D eigenvalue weighted by molar-refractivity contribution is 9.10. The number of benzene rings is 1. The van der Waals surface area contributed by atoms with Gasteiger partial charge in [-0.25, -0.2) is 13.1 Å². The Kier molecular flexibility index (Phi) is 4.80. The molecule has 5 nitrogen and oxygen atoms in total. The second kappa shape index (κ2) is 5.96. The van der Waals surface area contributed by atoms with E-state index in [1.165, 1.54) is 0 Å². The average Bonchev–Trinajstić information content (AvgIpc) is 2.42. The van der Waals surface area contributed by atoms with Crippen molar-refractivity contribution in [2.24, 2.45) is 11.1 Å². The van der Waals surface area contributed by atoms with Gasteiger partial charge >= 0.3 is 0 Å². The minimum atomic E-state index is -3.57. The summed E-state index contributed by atoms with van der Waals surface area (Å²) in [7, 11) is -1.92. The molecule has 1 aromatic carbocycles. The lowest BCUT2D eigenvalue weighted by Gasteiger charge is -2.50. The van der Waals surface area contributed by atoms with Gasteiger partial charge in [0.15, 0.2) is 0 Å². The Balaban J connectivity index is 2.20. The van der Waals surface area contributed by atoms with E-state index in [1.54, 1.807) is 25.3 Å². The highest BCUT2D eigenvalue weighted by atomic mass is 79.9. The maximum atomic E-state index is 12.5. The van der Waals surface area contributed by atoms with Gasteiger partial charge < -0.3 is 10.5 Å². The Hall–Kier alpha value is -0.470. The maximum Gasteiger partial charge on any atom is 0.241 e. The number of hydrogen-bond donors (Lipinski definition) is 2. The Morgan fingerprint density at radius 1 is 1.48 bits per heavy atom. The molecule has 0 heterocycles. The van der Waals surface area contributed by atoms with E-state index in [1.807, 2.05) is 13.8 Å². The average molecular weight is 377 g/mol. The predicted octanol–water partition coefficient (Wildman–Crippen LogP) is 2.00. The van der Waals surface area contributed by atoms with Crippen LogP contribution < -0.4 is 10.5 Å². The van der Waals surface area contributed by atoms with E-state index < -0.39 is 10.0 Å². The molecule has 0 bridgehead atoms. The van der Waals surface area contributed by atoms with Gasteiger partial charge in [0.1, 0.15) is 0 Å². The van der Waals surface area contributed by atoms with E-state index in [-0.39, 0.29) is 22.5 Å². The second-order valence-electron chi connectivity index (χ2n) is 5.92. The number of methoxy groups -OCH3 is 1. The van der Waals surface area contributed by atoms with Crippen LogP contribution in [0.5, 0.6) is 0 Å². The summed E-state index contributed by atoms with van der Waals surface area (Å²) in [6.07, 6.45) is 0.759. The quantitative estimate of drug-likeness (QED) is 0.823. The van der Waals surface area contributed by atoms with Crippen molar-refractivity contribution in [3.63, 3.8) is 0 Å². The number of halogens is 1. The van der Waals surface area contributed by atoms with Gasteiger partial charge in [-0.2, -0.15) is 0 Å². The van der Waals surface area contributed by atoms with Crippen LogP contribution in [0.4, 0.5) is 0 Å². The number of nitrogens with one attached hydrogen (secondary N) is 1. The van der Waals surface area contributed by atoms with Crippen molar-refractivity contribution in [2.45, 2.75) is 43.9 Å². The summed E-state index contributed by atoms with van der Waals surface area (Å²) in [5, 5.41) is 0. The van der Waals surface area contributed by atoms with Crippen LogP contribution >= 0.6 is 15.9 Å². The van der Waals surface area contributed by atoms with Crippen molar-refractivity contribution in [3.8, 4) is 0 Å². The lowest BCUT2D eigenvalue weighted by atomic mass is 9.65. The smallest absolute Gasteiger partial charge is 0.241 e. The van der Waals surface area contributed by atoms with Crippen molar-refractivity contribution in [1.82, 2.24) is 4.72 Å². The molecule has 2 unspecified atom stereocenters. The molecule has 0 spiro atoms. The van der Waals surface area contributed by atoms with Crippen molar-refractivity contribution in [2.75, 3.05) is 7.11 Å². The first-order valence-electron chi connectivity index (χ1n) is 6.76. The summed E-state index contributed by atoms with van der Waals surface area (Å²) in [5.74, 6) is 0. The van der Waals surface area contributed by atoms with Gasteiger partial charge in [-0.15, -0.1) is 0 Å². The molecule has 7 heteroatoms. The maximum absolute atomic E-state index is 12.5. The molecular weight excluding hydrogens is 356 g/mol. The van der Waals surface area contributed by atoms with Gasteiger partial charge in [0.25, 0.3) is 0 Å². The fourth-order valence-corrected chi connectivity index (χ4v) is 5.16. The van der Waals surface area contributed by atoms with Crippen LogP contribution in [0.3, 0.4) is 0 Å². The molecule has 1 aliphatic rings. The Morgan fingerprint density at radius 3 is 2.62 bits per heavy atom. The molecule has 3 N–H and O–H groups in total. The summed E-state index contributed by atoms with van der Waals surface area (Å²) >= 11 is 3.31. The molecule has 0 saturated heterocycles. The summed E-state index contributed by atoms with van der Waals surface area (Å²) in [4.78, 5) is 0.233. The highest BCUT2D eigenvalue weighted by Gasteiger charge is 2.50. The Bertz CT molecular complexity index is 631. The molecule has 0 aromatic heterocycles. The van der Waals surface area contributed by atoms with Crippen LogP contribution in [0.15, 0.2) is 27.6 Å². The lowest BCUT2D eigenvalue weighted by molar-refractivity contribution is -0.0908. The van der Waals surface area contributed by atoms with E-state index in [9.17, 15) is 8.42 Å². The van der Waals surface area contributed by atoms with Crippen molar-refractivity contribution in [1.29, 1.82) is 0 Å². The minimum Gasteiger partial charge on any atom is -0.381 e. The molecule has 1 fully saturated rings. The number of hydrogen-bond acceptors (Lipinski definition) is 4. The Morgan fingerprint density at radius 2 is 2.14 bits per heavy atom. The van der Waals surface area contributed by atoms with Crippen molar-refractivity contribution >= 4 is 26.0 Å². The molecule has 2 atom stereocenters. The molecule has 1 aliphatic carbocycles. The van der Waals surface area contributed by atoms with Crippen LogP contribution in [0, 0.1) is 5.41 Å². The van der Waals surface area contributed by atoms with Crippen LogP contribution in [-0.4, -0.2) is 27.7 Å². The minimum absolute atomic E-state index is 0.0771. The van der Waals surface area contributed by atoms with E-state index >= 15 is 0 Å². The van der Waals surface area contributed by atoms with Crippen LogP contribution in [0.1, 0.15) is 25.8 Å². The molecule has 118 valence electrons. The third-order valence-corrected chi connectivity index (χ3v) is 6.73. The molecule has 0 radical (unpaired) electrons. The molecule has 1 aromatic rings. The lowest BCUT2D eigenvalue weighted by Crippen LogP contribution is -2.61. The fourth-order valence-electron chi connectivity index (χ4n) is 2.63. The van der Waals surface area contributed by atoms with E-state index in [4.69, 9.17) is 10.5 Å². The third-order valence-electron chi connectivity index (χ3n) is 4.28. The second-order valence-corrected chi connectivity index (χ2v) is 8.46. The molecule has 21 heavy (non-hydrogen) atoms. The number of sulfonamides is 1. The zero-order valence-electron chi connectivity index (χ0n) is 12.4. The molecular formula is C14H21BrN2O3S. The summed E-state index contributed by atoms with van der Waals surface area (Å²) in [6, 6.07) is 4.91. The first kappa shape index (κ1) is 16.9. The SMILES string of the molecule is COC1CC(NS(=O)(=O)c2ccc(CN)cc2Br)C1(C)C. The highest BCUT2D eigenvalue weighted by Crippen LogP contribution is 2.43. The fraction of sp³-hybridized carbons (Fsp3) is 0.571. The van der Waals surface area contributed by atoms with E-state index in [0.29, 0.717) is 17.4 Å². The largest absolute Gasteiger partial charge is 0.381 e. The van der Waals surface area contributed by atoms with Gasteiger partial charge in [0.2, 0.25) is 10.0 Å². The summed E-state index contributed by atoms with van der Waals surface area (Å²) < 4.78 is 33.7. The Labute approximate surface area is 134 Å². The topological polar surface area (TPSA) is 81.4 Å². The first-order chi connectivity index (χ1) is 9.72. The van der Waals surface area contributed by atoms with Gasteiger partial charge in [-0.1, -0.05) is 19.9 Å². The van der Waals surface area contributed by atoms with E-state index in [2.05, 4.69) is 20.7 Å². The van der Waals surface area contributed by atoms with Crippen LogP contribution in [-0.2, 0) is 21.3 Å². The van der Waals surface area contributed by atoms with Crippen molar-refractivity contribution in [3.05, 3.63) is 28.2 Å². The monoisotopic (exact) mass is 376 g/mol. The summed E-state index contributed by atoms with van der Waals surface area (Å²) in [6.45, 7) is 4.38. The predicted molar refractivity (Wildman–Crippen MR) is 85.3 cm³/mol. The first-order valence-corrected chi connectivity index (χ1v) is 9.03. The molecule has 0 amide bonds. The normalized spacial score (nSPS) is 24.6. The molecule has 2 rings (SSSR count). The van der Waals surface area contributed by atoms with Crippen LogP contribution in [0.25, 0.3) is 0 Å². The van der Waals surface area contributed by atoms with Gasteiger partial charge in [-0.3, -0.25) is 0 Å². The molecule has 0 aliphatic heterocycles. The van der Waals surface area contributed by atoms with E-state index in [0.717, 1.165) is 5.56 Å².